The van der Waals surface area contributed by atoms with Crippen molar-refractivity contribution in [3.8, 4) is 0 Å². The molecule has 2 aromatic rings. The number of aromatic nitrogens is 2. The molecule has 0 aromatic carbocycles. The van der Waals surface area contributed by atoms with Crippen LogP contribution in [-0.2, 0) is 4.79 Å². The van der Waals surface area contributed by atoms with Crippen molar-refractivity contribution >= 4 is 33.4 Å². The maximum Gasteiger partial charge on any atom is 0.264 e. The van der Waals surface area contributed by atoms with Crippen LogP contribution in [0.4, 0.5) is 0 Å². The number of aliphatic hydroxyl groups excluding tert-OH is 1. The van der Waals surface area contributed by atoms with Gasteiger partial charge < -0.3 is 19.9 Å². The van der Waals surface area contributed by atoms with E-state index in [1.165, 1.54) is 17.7 Å². The molecule has 0 bridgehead atoms. The van der Waals surface area contributed by atoms with Crippen LogP contribution in [-0.4, -0.2) is 69.5 Å². The number of nitrogens with zero attached hydrogens (tertiary/aromatic N) is 3. The van der Waals surface area contributed by atoms with E-state index in [0.717, 1.165) is 0 Å². The van der Waals surface area contributed by atoms with E-state index in [1.807, 2.05) is 13.8 Å². The van der Waals surface area contributed by atoms with Gasteiger partial charge in [-0.3, -0.25) is 14.4 Å². The number of carbonyl (C=O) groups is 2. The van der Waals surface area contributed by atoms with E-state index in [2.05, 4.69) is 9.97 Å². The molecular weight excluding hydrogens is 380 g/mol. The molecule has 1 fully saturated rings. The fourth-order valence-corrected chi connectivity index (χ4v) is 4.83. The third-order valence-corrected chi connectivity index (χ3v) is 6.31. The first-order chi connectivity index (χ1) is 13.2. The topological polar surface area (TPSA) is 107 Å². The summed E-state index contributed by atoms with van der Waals surface area (Å²) in [5.74, 6) is -0.696. The Kier molecular flexibility index (Phi) is 5.85. The molecule has 0 spiro atoms. The molecule has 9 heteroatoms. The van der Waals surface area contributed by atoms with Crippen molar-refractivity contribution < 1.29 is 14.7 Å². The van der Waals surface area contributed by atoms with Crippen LogP contribution in [0.2, 0.25) is 0 Å². The molecule has 0 unspecified atom stereocenters. The second-order valence-electron chi connectivity index (χ2n) is 7.79. The summed E-state index contributed by atoms with van der Waals surface area (Å²) in [5, 5.41) is 10.8. The van der Waals surface area contributed by atoms with E-state index in [0.29, 0.717) is 46.1 Å². The molecule has 0 radical (unpaired) electrons. The monoisotopic (exact) mass is 406 g/mol. The van der Waals surface area contributed by atoms with Crippen molar-refractivity contribution in [2.24, 2.45) is 11.8 Å². The average molecular weight is 407 g/mol. The van der Waals surface area contributed by atoms with Crippen LogP contribution in [0.5, 0.6) is 0 Å². The van der Waals surface area contributed by atoms with Crippen LogP contribution in [0.3, 0.4) is 0 Å². The second kappa shape index (κ2) is 8.00. The van der Waals surface area contributed by atoms with Crippen molar-refractivity contribution in [1.29, 1.82) is 0 Å². The predicted molar refractivity (Wildman–Crippen MR) is 107 cm³/mol. The molecule has 0 saturated carbocycles. The van der Waals surface area contributed by atoms with Crippen molar-refractivity contribution in [3.63, 3.8) is 0 Å². The normalized spacial score (nSPS) is 20.0. The standard InChI is InChI=1S/C19H26N4O4S/c1-10(2)7-22(4)18(26)12-8-23(6-5-13(12)24)19(27)15-11(3)14-16(25)20-9-21-17(14)28-15/h9-10,12-13,24H,5-8H2,1-4H3,(H,20,21,25)/t12-,13+/m0/s1. The van der Waals surface area contributed by atoms with Crippen LogP contribution < -0.4 is 5.56 Å². The number of piperidine rings is 1. The number of rotatable bonds is 4. The fraction of sp³-hybridized carbons (Fsp3) is 0.579. The number of H-pyrrole nitrogens is 1. The quantitative estimate of drug-likeness (QED) is 0.794. The molecular formula is C19H26N4O4S. The molecule has 1 saturated heterocycles. The van der Waals surface area contributed by atoms with Gasteiger partial charge in [0.25, 0.3) is 11.5 Å². The number of amides is 2. The second-order valence-corrected chi connectivity index (χ2v) is 8.79. The minimum atomic E-state index is -0.765. The predicted octanol–water partition coefficient (Wildman–Crippen LogP) is 1.23. The van der Waals surface area contributed by atoms with Gasteiger partial charge in [-0.2, -0.15) is 0 Å². The van der Waals surface area contributed by atoms with Gasteiger partial charge >= 0.3 is 0 Å². The van der Waals surface area contributed by atoms with E-state index in [1.54, 1.807) is 23.8 Å². The molecule has 1 aliphatic rings. The Bertz CT molecular complexity index is 951. The first-order valence-corrected chi connectivity index (χ1v) is 10.2. The number of nitrogens with one attached hydrogen (secondary N) is 1. The van der Waals surface area contributed by atoms with Crippen molar-refractivity contribution in [2.45, 2.75) is 33.3 Å². The lowest BCUT2D eigenvalue weighted by atomic mass is 9.92. The van der Waals surface area contributed by atoms with Crippen molar-refractivity contribution in [2.75, 3.05) is 26.7 Å². The van der Waals surface area contributed by atoms with Gasteiger partial charge in [-0.15, -0.1) is 11.3 Å². The Morgan fingerprint density at radius 1 is 1.46 bits per heavy atom. The SMILES string of the molecule is Cc1c(C(=O)N2CC[C@@H](O)[C@@H](C(=O)N(C)CC(C)C)C2)sc2nc[nH]c(=O)c12. The van der Waals surface area contributed by atoms with Gasteiger partial charge in [0, 0.05) is 26.7 Å². The maximum absolute atomic E-state index is 13.1. The van der Waals surface area contributed by atoms with Crippen molar-refractivity contribution in [3.05, 3.63) is 27.1 Å². The first kappa shape index (κ1) is 20.5. The number of aryl methyl sites for hydroxylation is 1. The summed E-state index contributed by atoms with van der Waals surface area (Å²) in [7, 11) is 1.73. The van der Waals surface area contributed by atoms with Gasteiger partial charge in [0.15, 0.2) is 0 Å². The Morgan fingerprint density at radius 2 is 2.18 bits per heavy atom. The molecule has 2 atom stereocenters. The third-order valence-electron chi connectivity index (χ3n) is 5.12. The number of hydrogen-bond donors (Lipinski definition) is 2. The first-order valence-electron chi connectivity index (χ1n) is 9.39. The Labute approximate surface area is 167 Å². The molecule has 3 rings (SSSR count). The zero-order valence-corrected chi connectivity index (χ0v) is 17.4. The summed E-state index contributed by atoms with van der Waals surface area (Å²) in [5.41, 5.74) is 0.334. The number of aliphatic hydroxyl groups is 1. The zero-order valence-electron chi connectivity index (χ0n) is 16.6. The molecule has 8 nitrogen and oxygen atoms in total. The van der Waals surface area contributed by atoms with Crippen LogP contribution >= 0.6 is 11.3 Å². The Morgan fingerprint density at radius 3 is 2.82 bits per heavy atom. The maximum atomic E-state index is 13.1. The van der Waals surface area contributed by atoms with Gasteiger partial charge in [0.05, 0.1) is 28.6 Å². The minimum absolute atomic E-state index is 0.148. The Hall–Kier alpha value is -2.26. The van der Waals surface area contributed by atoms with Gasteiger partial charge in [-0.05, 0) is 24.8 Å². The van der Waals surface area contributed by atoms with E-state index >= 15 is 0 Å². The molecule has 2 aromatic heterocycles. The van der Waals surface area contributed by atoms with Crippen molar-refractivity contribution in [1.82, 2.24) is 19.8 Å². The number of thiophene rings is 1. The molecule has 2 N–H and O–H groups in total. The van der Waals surface area contributed by atoms with Gasteiger partial charge in [-0.1, -0.05) is 13.8 Å². The summed E-state index contributed by atoms with van der Waals surface area (Å²) >= 11 is 1.18. The summed E-state index contributed by atoms with van der Waals surface area (Å²) in [6.07, 6.45) is 0.908. The number of fused-ring (bicyclic) bond motifs is 1. The summed E-state index contributed by atoms with van der Waals surface area (Å²) in [6.45, 7) is 6.92. The number of carbonyl (C=O) groups excluding carboxylic acids is 2. The van der Waals surface area contributed by atoms with E-state index in [9.17, 15) is 19.5 Å². The molecule has 28 heavy (non-hydrogen) atoms. The zero-order chi connectivity index (χ0) is 20.6. The summed E-state index contributed by atoms with van der Waals surface area (Å²) < 4.78 is 0. The van der Waals surface area contributed by atoms with Crippen LogP contribution in [0.15, 0.2) is 11.1 Å². The van der Waals surface area contributed by atoms with Crippen LogP contribution in [0.1, 0.15) is 35.5 Å². The van der Waals surface area contributed by atoms with Gasteiger partial charge in [0.1, 0.15) is 4.83 Å². The highest BCUT2D eigenvalue weighted by Crippen LogP contribution is 2.29. The molecule has 2 amide bonds. The van der Waals surface area contributed by atoms with Gasteiger partial charge in [-0.25, -0.2) is 4.98 Å². The number of likely N-dealkylation sites (tertiary alicyclic amines) is 1. The minimum Gasteiger partial charge on any atom is -0.392 e. The number of hydrogen-bond acceptors (Lipinski definition) is 6. The van der Waals surface area contributed by atoms with Crippen LogP contribution in [0.25, 0.3) is 10.2 Å². The summed E-state index contributed by atoms with van der Waals surface area (Å²) in [4.78, 5) is 48.8. The largest absolute Gasteiger partial charge is 0.392 e. The lowest BCUT2D eigenvalue weighted by Gasteiger charge is -2.37. The number of aromatic amines is 1. The van der Waals surface area contributed by atoms with Crippen LogP contribution in [0, 0.1) is 18.8 Å². The third kappa shape index (κ3) is 3.81. The van der Waals surface area contributed by atoms with E-state index < -0.39 is 12.0 Å². The lowest BCUT2D eigenvalue weighted by molar-refractivity contribution is -0.140. The lowest BCUT2D eigenvalue weighted by Crippen LogP contribution is -2.52. The molecule has 152 valence electrons. The molecule has 1 aliphatic heterocycles. The molecule has 0 aliphatic carbocycles. The summed E-state index contributed by atoms with van der Waals surface area (Å²) in [6, 6.07) is 0. The highest BCUT2D eigenvalue weighted by molar-refractivity contribution is 7.20. The smallest absolute Gasteiger partial charge is 0.264 e. The molecule has 3 heterocycles. The van der Waals surface area contributed by atoms with Gasteiger partial charge in [0.2, 0.25) is 5.91 Å². The average Bonchev–Trinajstić information content (AvgIpc) is 2.98. The van der Waals surface area contributed by atoms with E-state index in [4.69, 9.17) is 0 Å². The fourth-order valence-electron chi connectivity index (χ4n) is 3.71. The Balaban J connectivity index is 1.83. The highest BCUT2D eigenvalue weighted by Gasteiger charge is 2.37. The van der Waals surface area contributed by atoms with E-state index in [-0.39, 0.29) is 23.9 Å². The highest BCUT2D eigenvalue weighted by atomic mass is 32.1.